The van der Waals surface area contributed by atoms with Gasteiger partial charge in [-0.2, -0.15) is 0 Å². The van der Waals surface area contributed by atoms with E-state index in [2.05, 4.69) is 15.6 Å². The quantitative estimate of drug-likeness (QED) is 0.850. The van der Waals surface area contributed by atoms with Crippen LogP contribution in [0.1, 0.15) is 40.7 Å². The molecule has 1 aromatic carbocycles. The Kier molecular flexibility index (Phi) is 5.06. The second-order valence-electron chi connectivity index (χ2n) is 7.25. The normalized spacial score (nSPS) is 18.4. The van der Waals surface area contributed by atoms with Gasteiger partial charge in [0.05, 0.1) is 0 Å². The molecule has 28 heavy (non-hydrogen) atoms. The number of anilines is 1. The number of rotatable bonds is 4. The van der Waals surface area contributed by atoms with Gasteiger partial charge in [0, 0.05) is 55.6 Å². The lowest BCUT2D eigenvalue weighted by molar-refractivity contribution is -0.132. The molecule has 1 aromatic heterocycles. The predicted molar refractivity (Wildman–Crippen MR) is 104 cm³/mol. The molecule has 0 aliphatic carbocycles. The third-order valence-electron chi connectivity index (χ3n) is 5.28. The summed E-state index contributed by atoms with van der Waals surface area (Å²) in [5.74, 6) is -0.108. The topological polar surface area (TPSA) is 91.4 Å². The second-order valence-corrected chi connectivity index (χ2v) is 7.25. The number of hydrogen-bond donors (Lipinski definition) is 2. The maximum atomic E-state index is 12.6. The standard InChI is InChI=1S/C21H22N4O3/c26-19-4-3-18(23-19)12-20(27)25-10-7-14-1-2-17(11-16(14)13-25)24-21(28)15-5-8-22-9-6-15/h1-2,5-6,8-9,11,18H,3-4,7,10,12-13H2,(H,23,26)(H,24,28)/t18-/m0/s1. The number of carbonyl (C=O) groups excluding carboxylic acids is 3. The van der Waals surface area contributed by atoms with E-state index >= 15 is 0 Å². The first-order chi connectivity index (χ1) is 13.6. The highest BCUT2D eigenvalue weighted by Crippen LogP contribution is 2.24. The van der Waals surface area contributed by atoms with Crippen molar-refractivity contribution in [1.29, 1.82) is 0 Å². The first-order valence-electron chi connectivity index (χ1n) is 9.49. The molecule has 0 radical (unpaired) electrons. The van der Waals surface area contributed by atoms with Gasteiger partial charge in [-0.05, 0) is 48.2 Å². The third kappa shape index (κ3) is 4.03. The minimum atomic E-state index is -0.192. The molecule has 2 aliphatic heterocycles. The zero-order valence-electron chi connectivity index (χ0n) is 15.5. The molecule has 4 rings (SSSR count). The van der Waals surface area contributed by atoms with Crippen LogP contribution in [0.4, 0.5) is 5.69 Å². The van der Waals surface area contributed by atoms with Crippen molar-refractivity contribution in [2.75, 3.05) is 11.9 Å². The van der Waals surface area contributed by atoms with Crippen LogP contribution in [-0.2, 0) is 22.6 Å². The maximum absolute atomic E-state index is 12.6. The number of benzene rings is 1. The van der Waals surface area contributed by atoms with Crippen LogP contribution >= 0.6 is 0 Å². The van der Waals surface area contributed by atoms with Crippen molar-refractivity contribution in [3.63, 3.8) is 0 Å². The molecule has 3 amide bonds. The number of hydrogen-bond acceptors (Lipinski definition) is 4. The van der Waals surface area contributed by atoms with Gasteiger partial charge in [-0.3, -0.25) is 19.4 Å². The Morgan fingerprint density at radius 3 is 2.71 bits per heavy atom. The molecule has 3 heterocycles. The molecule has 2 aliphatic rings. The van der Waals surface area contributed by atoms with E-state index in [1.54, 1.807) is 24.5 Å². The molecule has 0 saturated carbocycles. The van der Waals surface area contributed by atoms with Gasteiger partial charge < -0.3 is 15.5 Å². The van der Waals surface area contributed by atoms with Crippen LogP contribution in [0.25, 0.3) is 0 Å². The fraction of sp³-hybridized carbons (Fsp3) is 0.333. The Balaban J connectivity index is 1.41. The lowest BCUT2D eigenvalue weighted by atomic mass is 9.98. The number of nitrogens with zero attached hydrogens (tertiary/aromatic N) is 2. The fourth-order valence-electron chi connectivity index (χ4n) is 3.72. The first-order valence-corrected chi connectivity index (χ1v) is 9.49. The van der Waals surface area contributed by atoms with Crippen LogP contribution < -0.4 is 10.6 Å². The Hall–Kier alpha value is -3.22. The van der Waals surface area contributed by atoms with Crippen molar-refractivity contribution in [2.45, 2.75) is 38.3 Å². The highest BCUT2D eigenvalue weighted by Gasteiger charge is 2.27. The molecule has 2 N–H and O–H groups in total. The molecule has 0 unspecified atom stereocenters. The summed E-state index contributed by atoms with van der Waals surface area (Å²) in [5.41, 5.74) is 3.49. The van der Waals surface area contributed by atoms with Gasteiger partial charge >= 0.3 is 0 Å². The van der Waals surface area contributed by atoms with Crippen molar-refractivity contribution in [1.82, 2.24) is 15.2 Å². The van der Waals surface area contributed by atoms with Crippen molar-refractivity contribution < 1.29 is 14.4 Å². The fourth-order valence-corrected chi connectivity index (χ4v) is 3.72. The smallest absolute Gasteiger partial charge is 0.255 e. The summed E-state index contributed by atoms with van der Waals surface area (Å²) in [6.07, 6.45) is 5.52. The van der Waals surface area contributed by atoms with E-state index in [1.165, 1.54) is 5.56 Å². The lowest BCUT2D eigenvalue weighted by Crippen LogP contribution is -2.39. The third-order valence-corrected chi connectivity index (χ3v) is 5.28. The summed E-state index contributed by atoms with van der Waals surface area (Å²) in [4.78, 5) is 42.0. The van der Waals surface area contributed by atoms with Gasteiger partial charge in [-0.1, -0.05) is 6.07 Å². The maximum Gasteiger partial charge on any atom is 0.255 e. The second kappa shape index (κ2) is 7.80. The van der Waals surface area contributed by atoms with Gasteiger partial charge in [-0.15, -0.1) is 0 Å². The molecule has 1 atom stereocenters. The Bertz CT molecular complexity index is 913. The zero-order valence-corrected chi connectivity index (χ0v) is 15.5. The molecular weight excluding hydrogens is 356 g/mol. The molecule has 1 fully saturated rings. The van der Waals surface area contributed by atoms with E-state index in [0.717, 1.165) is 18.4 Å². The van der Waals surface area contributed by atoms with E-state index in [1.807, 2.05) is 23.1 Å². The van der Waals surface area contributed by atoms with Crippen LogP contribution in [0.3, 0.4) is 0 Å². The molecule has 0 spiro atoms. The van der Waals surface area contributed by atoms with E-state index in [0.29, 0.717) is 37.2 Å². The lowest BCUT2D eigenvalue weighted by Gasteiger charge is -2.30. The summed E-state index contributed by atoms with van der Waals surface area (Å²) in [6.45, 7) is 1.20. The van der Waals surface area contributed by atoms with E-state index in [-0.39, 0.29) is 23.8 Å². The number of aromatic nitrogens is 1. The van der Waals surface area contributed by atoms with Gasteiger partial charge in [0.15, 0.2) is 0 Å². The van der Waals surface area contributed by atoms with Crippen molar-refractivity contribution in [2.24, 2.45) is 0 Å². The van der Waals surface area contributed by atoms with Crippen LogP contribution in [0.15, 0.2) is 42.7 Å². The van der Waals surface area contributed by atoms with Crippen LogP contribution in [0.5, 0.6) is 0 Å². The molecular formula is C21H22N4O3. The highest BCUT2D eigenvalue weighted by molar-refractivity contribution is 6.04. The number of pyridine rings is 1. The Morgan fingerprint density at radius 2 is 1.96 bits per heavy atom. The number of nitrogens with one attached hydrogen (secondary N) is 2. The summed E-state index contributed by atoms with van der Waals surface area (Å²) in [5, 5.41) is 5.75. The monoisotopic (exact) mass is 378 g/mol. The van der Waals surface area contributed by atoms with Crippen molar-refractivity contribution in [3.05, 3.63) is 59.4 Å². The van der Waals surface area contributed by atoms with Gasteiger partial charge in [0.25, 0.3) is 5.91 Å². The van der Waals surface area contributed by atoms with E-state index in [9.17, 15) is 14.4 Å². The highest BCUT2D eigenvalue weighted by atomic mass is 16.2. The number of fused-ring (bicyclic) bond motifs is 1. The minimum absolute atomic E-state index is 0.0244. The Morgan fingerprint density at radius 1 is 1.14 bits per heavy atom. The number of amides is 3. The van der Waals surface area contributed by atoms with E-state index < -0.39 is 0 Å². The SMILES string of the molecule is O=C1CC[C@@H](CC(=O)N2CCc3ccc(NC(=O)c4ccncc4)cc3C2)N1. The van der Waals surface area contributed by atoms with Crippen molar-refractivity contribution >= 4 is 23.4 Å². The Labute approximate surface area is 163 Å². The van der Waals surface area contributed by atoms with Gasteiger partial charge in [0.2, 0.25) is 11.8 Å². The van der Waals surface area contributed by atoms with E-state index in [4.69, 9.17) is 0 Å². The molecule has 7 heteroatoms. The predicted octanol–water partition coefficient (Wildman–Crippen LogP) is 1.89. The van der Waals surface area contributed by atoms with Gasteiger partial charge in [0.1, 0.15) is 0 Å². The zero-order chi connectivity index (χ0) is 19.5. The molecule has 7 nitrogen and oxygen atoms in total. The summed E-state index contributed by atoms with van der Waals surface area (Å²) >= 11 is 0. The molecule has 1 saturated heterocycles. The minimum Gasteiger partial charge on any atom is -0.353 e. The van der Waals surface area contributed by atoms with Crippen LogP contribution in [-0.4, -0.2) is 40.2 Å². The van der Waals surface area contributed by atoms with Crippen molar-refractivity contribution in [3.8, 4) is 0 Å². The van der Waals surface area contributed by atoms with Crippen LogP contribution in [0.2, 0.25) is 0 Å². The number of carbonyl (C=O) groups is 3. The summed E-state index contributed by atoms with van der Waals surface area (Å²) < 4.78 is 0. The molecule has 144 valence electrons. The average Bonchev–Trinajstić information content (AvgIpc) is 3.12. The summed E-state index contributed by atoms with van der Waals surface area (Å²) in [6, 6.07) is 9.12. The van der Waals surface area contributed by atoms with Gasteiger partial charge in [-0.25, -0.2) is 0 Å². The summed E-state index contributed by atoms with van der Waals surface area (Å²) in [7, 11) is 0. The molecule has 0 bridgehead atoms. The van der Waals surface area contributed by atoms with Crippen LogP contribution in [0, 0.1) is 0 Å². The largest absolute Gasteiger partial charge is 0.353 e. The average molecular weight is 378 g/mol. The molecule has 2 aromatic rings. The first kappa shape index (κ1) is 18.2.